The minimum absolute atomic E-state index is 0.146. The summed E-state index contributed by atoms with van der Waals surface area (Å²) in [4.78, 5) is 11.9. The molecule has 0 amide bonds. The summed E-state index contributed by atoms with van der Waals surface area (Å²) >= 11 is 2.75. The van der Waals surface area contributed by atoms with Gasteiger partial charge in [0, 0.05) is 37.8 Å². The highest BCUT2D eigenvalue weighted by atomic mass is 32.2. The number of fused-ring (bicyclic) bond motifs is 3. The van der Waals surface area contributed by atoms with E-state index < -0.39 is 10.0 Å². The largest absolute Gasteiger partial charge is 0.290 e. The lowest BCUT2D eigenvalue weighted by atomic mass is 10.0. The van der Waals surface area contributed by atoms with Gasteiger partial charge in [-0.2, -0.15) is 4.31 Å². The summed E-state index contributed by atoms with van der Waals surface area (Å²) in [6, 6.07) is 17.2. The van der Waals surface area contributed by atoms with Crippen LogP contribution in [0.5, 0.6) is 0 Å². The molecular formula is C24H22N4O2S3. The summed E-state index contributed by atoms with van der Waals surface area (Å²) < 4.78 is 28.3. The van der Waals surface area contributed by atoms with Gasteiger partial charge in [-0.3, -0.25) is 4.90 Å². The number of hydrogen-bond donors (Lipinski definition) is 0. The van der Waals surface area contributed by atoms with Gasteiger partial charge in [-0.05, 0) is 29.2 Å². The van der Waals surface area contributed by atoms with E-state index in [9.17, 15) is 8.42 Å². The Morgan fingerprint density at radius 3 is 2.18 bits per heavy atom. The summed E-state index contributed by atoms with van der Waals surface area (Å²) in [5, 5.41) is 2.89. The molecule has 168 valence electrons. The standard InChI is InChI=1S/C24H22N4O2S3/c1-16-26-21(15-31-16)22-14-25-24(32-22)33(29,30)28-12-10-27(11-13-28)23-19-8-4-2-6-17(19)18-7-3-5-9-20(18)23/h2-9,14-15,23H,10-13H2,1H3. The molecule has 1 saturated heterocycles. The number of aryl methyl sites for hydroxylation is 1. The van der Waals surface area contributed by atoms with Gasteiger partial charge >= 0.3 is 0 Å². The van der Waals surface area contributed by atoms with Crippen molar-refractivity contribution in [2.45, 2.75) is 17.3 Å². The van der Waals surface area contributed by atoms with Gasteiger partial charge in [0.15, 0.2) is 0 Å². The van der Waals surface area contributed by atoms with Crippen LogP contribution in [0.4, 0.5) is 0 Å². The molecule has 6 nitrogen and oxygen atoms in total. The number of nitrogens with zero attached hydrogens (tertiary/aromatic N) is 4. The summed E-state index contributed by atoms with van der Waals surface area (Å²) in [5.74, 6) is 0. The molecule has 3 heterocycles. The van der Waals surface area contributed by atoms with Crippen LogP contribution < -0.4 is 0 Å². The van der Waals surface area contributed by atoms with Gasteiger partial charge in [0.2, 0.25) is 4.34 Å². The Morgan fingerprint density at radius 2 is 1.58 bits per heavy atom. The maximum absolute atomic E-state index is 13.3. The lowest BCUT2D eigenvalue weighted by Gasteiger charge is -2.37. The normalized spacial score (nSPS) is 17.2. The van der Waals surface area contributed by atoms with Crippen molar-refractivity contribution in [2.24, 2.45) is 0 Å². The zero-order valence-electron chi connectivity index (χ0n) is 18.0. The maximum atomic E-state index is 13.3. The molecule has 1 fully saturated rings. The summed E-state index contributed by atoms with van der Waals surface area (Å²) in [5.41, 5.74) is 5.96. The van der Waals surface area contributed by atoms with Crippen molar-refractivity contribution in [2.75, 3.05) is 26.2 Å². The Kier molecular flexibility index (Phi) is 5.19. The van der Waals surface area contributed by atoms with Crippen LogP contribution in [0.3, 0.4) is 0 Å². The number of rotatable bonds is 4. The Labute approximate surface area is 201 Å². The molecule has 1 aliphatic carbocycles. The zero-order chi connectivity index (χ0) is 22.6. The van der Waals surface area contributed by atoms with E-state index in [2.05, 4.69) is 63.4 Å². The van der Waals surface area contributed by atoms with Crippen molar-refractivity contribution in [3.63, 3.8) is 0 Å². The zero-order valence-corrected chi connectivity index (χ0v) is 20.5. The Morgan fingerprint density at radius 1 is 0.939 bits per heavy atom. The van der Waals surface area contributed by atoms with Crippen molar-refractivity contribution in [3.05, 3.63) is 76.2 Å². The number of hydrogen-bond acceptors (Lipinski definition) is 7. The summed E-state index contributed by atoms with van der Waals surface area (Å²) in [6.45, 7) is 4.20. The van der Waals surface area contributed by atoms with Crippen LogP contribution in [0, 0.1) is 6.92 Å². The highest BCUT2D eigenvalue weighted by Crippen LogP contribution is 2.46. The fourth-order valence-corrected chi connectivity index (χ4v) is 8.16. The van der Waals surface area contributed by atoms with E-state index in [0.29, 0.717) is 26.2 Å². The fraction of sp³-hybridized carbons (Fsp3) is 0.250. The first-order valence-electron chi connectivity index (χ1n) is 10.8. The third kappa shape index (κ3) is 3.55. The topological polar surface area (TPSA) is 66.4 Å². The molecule has 1 aliphatic heterocycles. The van der Waals surface area contributed by atoms with E-state index in [0.717, 1.165) is 15.6 Å². The number of thiazole rings is 2. The molecule has 0 spiro atoms. The van der Waals surface area contributed by atoms with Gasteiger partial charge in [0.05, 0.1) is 21.6 Å². The third-order valence-electron chi connectivity index (χ3n) is 6.36. The number of sulfonamides is 1. The van der Waals surface area contributed by atoms with E-state index in [4.69, 9.17) is 0 Å². The molecule has 2 aromatic carbocycles. The molecule has 2 aliphatic rings. The minimum atomic E-state index is -3.62. The Balaban J connectivity index is 1.22. The second kappa shape index (κ2) is 8.11. The van der Waals surface area contributed by atoms with Crippen LogP contribution in [0.2, 0.25) is 0 Å². The quantitative estimate of drug-likeness (QED) is 0.413. The highest BCUT2D eigenvalue weighted by Gasteiger charge is 2.37. The molecule has 9 heteroatoms. The second-order valence-electron chi connectivity index (χ2n) is 8.26. The average molecular weight is 495 g/mol. The first kappa shape index (κ1) is 21.1. The molecule has 0 saturated carbocycles. The van der Waals surface area contributed by atoms with E-state index in [1.165, 1.54) is 33.6 Å². The molecule has 0 unspecified atom stereocenters. The molecule has 0 atom stereocenters. The van der Waals surface area contributed by atoms with Crippen LogP contribution in [0.25, 0.3) is 21.7 Å². The molecule has 6 rings (SSSR count). The molecular weight excluding hydrogens is 472 g/mol. The number of piperazine rings is 1. The van der Waals surface area contributed by atoms with Gasteiger partial charge in [-0.15, -0.1) is 11.3 Å². The number of aromatic nitrogens is 2. The average Bonchev–Trinajstić information content (AvgIpc) is 3.56. The van der Waals surface area contributed by atoms with E-state index in [1.807, 2.05) is 12.3 Å². The lowest BCUT2D eigenvalue weighted by Crippen LogP contribution is -2.49. The highest BCUT2D eigenvalue weighted by molar-refractivity contribution is 7.91. The molecule has 33 heavy (non-hydrogen) atoms. The Bertz CT molecular complexity index is 1390. The van der Waals surface area contributed by atoms with Gasteiger partial charge < -0.3 is 0 Å². The van der Waals surface area contributed by atoms with Gasteiger partial charge in [0.25, 0.3) is 10.0 Å². The Hall–Kier alpha value is -2.43. The molecule has 2 aromatic heterocycles. The lowest BCUT2D eigenvalue weighted by molar-refractivity contribution is 0.158. The predicted molar refractivity (Wildman–Crippen MR) is 132 cm³/mol. The monoisotopic (exact) mass is 494 g/mol. The van der Waals surface area contributed by atoms with E-state index >= 15 is 0 Å². The second-order valence-corrected chi connectivity index (χ2v) is 12.5. The maximum Gasteiger partial charge on any atom is 0.270 e. The van der Waals surface area contributed by atoms with Crippen LogP contribution in [-0.2, 0) is 10.0 Å². The molecule has 0 N–H and O–H groups in total. The van der Waals surface area contributed by atoms with E-state index in [-0.39, 0.29) is 10.4 Å². The third-order valence-corrected chi connectivity index (χ3v) is 10.4. The van der Waals surface area contributed by atoms with Crippen molar-refractivity contribution < 1.29 is 8.42 Å². The summed E-state index contributed by atoms with van der Waals surface area (Å²) in [6.07, 6.45) is 1.62. The first-order chi connectivity index (χ1) is 16.0. The smallest absolute Gasteiger partial charge is 0.270 e. The van der Waals surface area contributed by atoms with Gasteiger partial charge in [-0.25, -0.2) is 18.4 Å². The van der Waals surface area contributed by atoms with Gasteiger partial charge in [-0.1, -0.05) is 59.9 Å². The first-order valence-corrected chi connectivity index (χ1v) is 14.0. The fourth-order valence-electron chi connectivity index (χ4n) is 4.81. The van der Waals surface area contributed by atoms with Crippen LogP contribution >= 0.6 is 22.7 Å². The minimum Gasteiger partial charge on any atom is -0.290 e. The predicted octanol–water partition coefficient (Wildman–Crippen LogP) is 4.65. The van der Waals surface area contributed by atoms with Crippen molar-refractivity contribution >= 4 is 32.7 Å². The van der Waals surface area contributed by atoms with Crippen LogP contribution in [0.15, 0.2) is 64.4 Å². The van der Waals surface area contributed by atoms with Crippen LogP contribution in [-0.4, -0.2) is 53.8 Å². The van der Waals surface area contributed by atoms with Gasteiger partial charge in [0.1, 0.15) is 0 Å². The molecule has 4 aromatic rings. The van der Waals surface area contributed by atoms with E-state index in [1.54, 1.807) is 21.8 Å². The molecule has 0 bridgehead atoms. The van der Waals surface area contributed by atoms with Crippen molar-refractivity contribution in [1.29, 1.82) is 0 Å². The SMILES string of the molecule is Cc1nc(-c2cnc(S(=O)(=O)N3CCN(C4c5ccccc5-c5ccccc54)CC3)s2)cs1. The van der Waals surface area contributed by atoms with Crippen molar-refractivity contribution in [3.8, 4) is 21.7 Å². The molecule has 0 radical (unpaired) electrons. The van der Waals surface area contributed by atoms with Crippen molar-refractivity contribution in [1.82, 2.24) is 19.2 Å². The summed E-state index contributed by atoms with van der Waals surface area (Å²) in [7, 11) is -3.62. The van der Waals surface area contributed by atoms with Crippen LogP contribution in [0.1, 0.15) is 22.2 Å². The number of benzene rings is 2.